The normalized spacial score (nSPS) is 10.4. The first kappa shape index (κ1) is 16.5. The maximum atomic E-state index is 12.0. The van der Waals surface area contributed by atoms with Crippen LogP contribution in [0.2, 0.25) is 0 Å². The Kier molecular flexibility index (Phi) is 5.28. The Hall–Kier alpha value is -2.91. The highest BCUT2D eigenvalue weighted by atomic mass is 16.5. The van der Waals surface area contributed by atoms with E-state index >= 15 is 0 Å². The molecule has 23 heavy (non-hydrogen) atoms. The van der Waals surface area contributed by atoms with E-state index in [4.69, 9.17) is 9.26 Å². The van der Waals surface area contributed by atoms with Gasteiger partial charge in [0.05, 0.1) is 12.8 Å². The van der Waals surface area contributed by atoms with Crippen LogP contribution in [0.5, 0.6) is 0 Å². The molecule has 0 aliphatic heterocycles. The standard InChI is InChI=1S/C13H18N6O4/c1-4-22-11(20)9-7-14-12(16-9)17-13(21)19(3)6-5-10-15-8(2)23-18-10/h7H,4-6H2,1-3H3,(H2,14,16,17,21). The zero-order chi connectivity index (χ0) is 16.8. The molecule has 10 heteroatoms. The lowest BCUT2D eigenvalue weighted by atomic mass is 10.4. The number of hydrogen-bond donors (Lipinski definition) is 2. The molecular weight excluding hydrogens is 304 g/mol. The topological polar surface area (TPSA) is 126 Å². The number of H-pyrrole nitrogens is 1. The van der Waals surface area contributed by atoms with Crippen molar-refractivity contribution in [1.29, 1.82) is 0 Å². The first-order chi connectivity index (χ1) is 11.0. The zero-order valence-electron chi connectivity index (χ0n) is 13.1. The lowest BCUT2D eigenvalue weighted by Crippen LogP contribution is -2.33. The first-order valence-electron chi connectivity index (χ1n) is 7.03. The van der Waals surface area contributed by atoms with Gasteiger partial charge in [-0.05, 0) is 6.92 Å². The average molecular weight is 322 g/mol. The highest BCUT2D eigenvalue weighted by Crippen LogP contribution is 2.05. The number of aryl methyl sites for hydroxylation is 1. The number of esters is 1. The molecule has 0 fully saturated rings. The number of aromatic amines is 1. The van der Waals surface area contributed by atoms with Crippen molar-refractivity contribution in [3.05, 3.63) is 23.6 Å². The third-order valence-corrected chi connectivity index (χ3v) is 2.88. The molecule has 2 rings (SSSR count). The molecule has 0 aliphatic rings. The van der Waals surface area contributed by atoms with Gasteiger partial charge in [-0.1, -0.05) is 5.16 Å². The maximum absolute atomic E-state index is 12.0. The van der Waals surface area contributed by atoms with E-state index in [-0.39, 0.29) is 24.3 Å². The molecule has 0 bridgehead atoms. The van der Waals surface area contributed by atoms with E-state index in [1.165, 1.54) is 11.1 Å². The Balaban J connectivity index is 1.84. The van der Waals surface area contributed by atoms with E-state index in [2.05, 4.69) is 25.4 Å². The monoisotopic (exact) mass is 322 g/mol. The number of ether oxygens (including phenoxy) is 1. The van der Waals surface area contributed by atoms with E-state index in [0.29, 0.717) is 24.7 Å². The number of hydrogen-bond acceptors (Lipinski definition) is 7. The minimum atomic E-state index is -0.527. The summed E-state index contributed by atoms with van der Waals surface area (Å²) in [5.74, 6) is 0.653. The molecule has 2 aromatic heterocycles. The summed E-state index contributed by atoms with van der Waals surface area (Å²) in [5, 5.41) is 6.31. The molecule has 0 spiro atoms. The molecule has 0 saturated heterocycles. The highest BCUT2D eigenvalue weighted by molar-refractivity contribution is 5.90. The average Bonchev–Trinajstić information content (AvgIpc) is 3.14. The summed E-state index contributed by atoms with van der Waals surface area (Å²) in [5.41, 5.74) is 0.173. The van der Waals surface area contributed by atoms with Crippen LogP contribution in [-0.4, -0.2) is 57.2 Å². The molecule has 0 radical (unpaired) electrons. The molecular formula is C13H18N6O4. The molecule has 0 unspecified atom stereocenters. The predicted octanol–water partition coefficient (Wildman–Crippen LogP) is 0.984. The number of urea groups is 1. The van der Waals surface area contributed by atoms with Gasteiger partial charge in [-0.15, -0.1) is 0 Å². The second-order valence-electron chi connectivity index (χ2n) is 4.70. The summed E-state index contributed by atoms with van der Waals surface area (Å²) < 4.78 is 9.69. The third-order valence-electron chi connectivity index (χ3n) is 2.88. The molecule has 0 atom stereocenters. The maximum Gasteiger partial charge on any atom is 0.356 e. The van der Waals surface area contributed by atoms with Gasteiger partial charge in [0.2, 0.25) is 11.8 Å². The summed E-state index contributed by atoms with van der Waals surface area (Å²) in [4.78, 5) is 35.6. The van der Waals surface area contributed by atoms with Gasteiger partial charge in [-0.25, -0.2) is 14.6 Å². The van der Waals surface area contributed by atoms with E-state index in [0.717, 1.165) is 0 Å². The van der Waals surface area contributed by atoms with Crippen LogP contribution in [0, 0.1) is 6.92 Å². The SMILES string of the molecule is CCOC(=O)c1cnc(NC(=O)N(C)CCc2noc(C)n2)[nH]1. The number of likely N-dealkylation sites (N-methyl/N-ethyl adjacent to an activating group) is 1. The minimum Gasteiger partial charge on any atom is -0.461 e. The van der Waals surface area contributed by atoms with Crippen molar-refractivity contribution in [3.8, 4) is 0 Å². The molecule has 2 N–H and O–H groups in total. The summed E-state index contributed by atoms with van der Waals surface area (Å²) in [6, 6.07) is -0.380. The smallest absolute Gasteiger partial charge is 0.356 e. The number of rotatable bonds is 6. The predicted molar refractivity (Wildman–Crippen MR) is 78.9 cm³/mol. The number of nitrogens with one attached hydrogen (secondary N) is 2. The summed E-state index contributed by atoms with van der Waals surface area (Å²) in [6.07, 6.45) is 1.77. The Morgan fingerprint density at radius 2 is 2.26 bits per heavy atom. The zero-order valence-corrected chi connectivity index (χ0v) is 13.1. The number of aromatic nitrogens is 4. The number of carbonyl (C=O) groups is 2. The Bertz CT molecular complexity index is 680. The Morgan fingerprint density at radius 1 is 1.48 bits per heavy atom. The number of imidazole rings is 1. The Morgan fingerprint density at radius 3 is 2.91 bits per heavy atom. The van der Waals surface area contributed by atoms with Crippen molar-refractivity contribution in [3.63, 3.8) is 0 Å². The van der Waals surface area contributed by atoms with Crippen LogP contribution in [-0.2, 0) is 11.2 Å². The second kappa shape index (κ2) is 7.38. The van der Waals surface area contributed by atoms with E-state index in [1.807, 2.05) is 0 Å². The molecule has 2 heterocycles. The van der Waals surface area contributed by atoms with Crippen LogP contribution in [0.25, 0.3) is 0 Å². The van der Waals surface area contributed by atoms with Gasteiger partial charge in [0, 0.05) is 26.9 Å². The van der Waals surface area contributed by atoms with Crippen LogP contribution in [0.4, 0.5) is 10.7 Å². The van der Waals surface area contributed by atoms with Crippen LogP contribution in [0.3, 0.4) is 0 Å². The van der Waals surface area contributed by atoms with Crippen LogP contribution in [0.1, 0.15) is 29.1 Å². The van der Waals surface area contributed by atoms with Crippen molar-refractivity contribution < 1.29 is 18.8 Å². The Labute approximate surface area is 132 Å². The van der Waals surface area contributed by atoms with Crippen molar-refractivity contribution >= 4 is 17.9 Å². The molecule has 124 valence electrons. The fourth-order valence-electron chi connectivity index (χ4n) is 1.71. The first-order valence-corrected chi connectivity index (χ1v) is 7.03. The molecule has 0 aromatic carbocycles. The molecule has 0 aliphatic carbocycles. The van der Waals surface area contributed by atoms with Gasteiger partial charge in [-0.3, -0.25) is 5.32 Å². The van der Waals surface area contributed by atoms with Crippen molar-refractivity contribution in [2.75, 3.05) is 25.5 Å². The van der Waals surface area contributed by atoms with Crippen molar-refractivity contribution in [2.24, 2.45) is 0 Å². The number of amides is 2. The van der Waals surface area contributed by atoms with Crippen LogP contribution in [0.15, 0.2) is 10.7 Å². The summed E-state index contributed by atoms with van der Waals surface area (Å²) in [6.45, 7) is 4.07. The van der Waals surface area contributed by atoms with Crippen molar-refractivity contribution in [1.82, 2.24) is 25.0 Å². The summed E-state index contributed by atoms with van der Waals surface area (Å²) >= 11 is 0. The van der Waals surface area contributed by atoms with Crippen LogP contribution >= 0.6 is 0 Å². The molecule has 10 nitrogen and oxygen atoms in total. The quantitative estimate of drug-likeness (QED) is 0.759. The van der Waals surface area contributed by atoms with E-state index < -0.39 is 5.97 Å². The van der Waals surface area contributed by atoms with Gasteiger partial charge in [0.25, 0.3) is 0 Å². The lowest BCUT2D eigenvalue weighted by molar-refractivity contribution is 0.0520. The number of carbonyl (C=O) groups excluding carboxylic acids is 2. The number of nitrogens with zero attached hydrogens (tertiary/aromatic N) is 4. The van der Waals surface area contributed by atoms with Gasteiger partial charge in [-0.2, -0.15) is 4.98 Å². The van der Waals surface area contributed by atoms with Gasteiger partial charge in [0.15, 0.2) is 5.82 Å². The summed E-state index contributed by atoms with van der Waals surface area (Å²) in [7, 11) is 1.62. The highest BCUT2D eigenvalue weighted by Gasteiger charge is 2.14. The lowest BCUT2D eigenvalue weighted by Gasteiger charge is -2.15. The molecule has 2 aromatic rings. The van der Waals surface area contributed by atoms with Gasteiger partial charge < -0.3 is 19.1 Å². The van der Waals surface area contributed by atoms with Crippen molar-refractivity contribution in [2.45, 2.75) is 20.3 Å². The number of anilines is 1. The van der Waals surface area contributed by atoms with E-state index in [1.54, 1.807) is 20.9 Å². The minimum absolute atomic E-state index is 0.167. The van der Waals surface area contributed by atoms with Gasteiger partial charge >= 0.3 is 12.0 Å². The van der Waals surface area contributed by atoms with Gasteiger partial charge in [0.1, 0.15) is 5.69 Å². The largest absolute Gasteiger partial charge is 0.461 e. The fourth-order valence-corrected chi connectivity index (χ4v) is 1.71. The van der Waals surface area contributed by atoms with Crippen LogP contribution < -0.4 is 5.32 Å². The third kappa shape index (κ3) is 4.53. The molecule has 0 saturated carbocycles. The molecule has 2 amide bonds. The van der Waals surface area contributed by atoms with E-state index in [9.17, 15) is 9.59 Å². The second-order valence-corrected chi connectivity index (χ2v) is 4.70. The fraction of sp³-hybridized carbons (Fsp3) is 0.462.